The van der Waals surface area contributed by atoms with Crippen LogP contribution in [0.5, 0.6) is 0 Å². The summed E-state index contributed by atoms with van der Waals surface area (Å²) in [5.74, 6) is 1.96. The fourth-order valence-corrected chi connectivity index (χ4v) is 3.15. The number of rotatable bonds is 7. The van der Waals surface area contributed by atoms with Crippen molar-refractivity contribution in [3.8, 4) is 11.4 Å². The lowest BCUT2D eigenvalue weighted by Gasteiger charge is -2.11. The number of anilines is 1. The number of aryl methyl sites for hydroxylation is 1. The largest absolute Gasteiger partial charge is 0.363 e. The smallest absolute Gasteiger partial charge is 0.270 e. The molecule has 150 valence electrons. The van der Waals surface area contributed by atoms with E-state index in [1.54, 1.807) is 18.3 Å². The van der Waals surface area contributed by atoms with E-state index in [-0.39, 0.29) is 5.69 Å². The van der Waals surface area contributed by atoms with Crippen LogP contribution in [-0.2, 0) is 13.1 Å². The fourth-order valence-electron chi connectivity index (χ4n) is 3.15. The van der Waals surface area contributed by atoms with Crippen LogP contribution in [0.4, 0.5) is 11.5 Å². The zero-order chi connectivity index (χ0) is 20.9. The quantitative estimate of drug-likeness (QED) is 0.368. The van der Waals surface area contributed by atoms with Crippen molar-refractivity contribution in [2.75, 3.05) is 5.32 Å². The molecule has 0 atom stereocenters. The monoisotopic (exact) mass is 400 g/mol. The molecule has 0 aliphatic heterocycles. The predicted molar refractivity (Wildman–Crippen MR) is 114 cm³/mol. The van der Waals surface area contributed by atoms with Crippen LogP contribution in [-0.4, -0.2) is 24.4 Å². The first-order valence-electron chi connectivity index (χ1n) is 9.47. The lowest BCUT2D eigenvalue weighted by Crippen LogP contribution is -2.10. The number of aromatic nitrogens is 4. The summed E-state index contributed by atoms with van der Waals surface area (Å²) in [5.41, 5.74) is 2.57. The molecule has 1 N–H and O–H groups in total. The van der Waals surface area contributed by atoms with Crippen molar-refractivity contribution >= 4 is 11.5 Å². The molecule has 8 nitrogen and oxygen atoms in total. The third-order valence-electron chi connectivity index (χ3n) is 4.59. The molecule has 2 aromatic carbocycles. The molecule has 0 spiro atoms. The number of hydrogen-bond acceptors (Lipinski definition) is 6. The maximum Gasteiger partial charge on any atom is 0.270 e. The van der Waals surface area contributed by atoms with E-state index >= 15 is 0 Å². The Bertz CT molecular complexity index is 1170. The summed E-state index contributed by atoms with van der Waals surface area (Å²) in [5, 5.41) is 14.4. The van der Waals surface area contributed by atoms with Crippen LogP contribution in [0.25, 0.3) is 11.4 Å². The van der Waals surface area contributed by atoms with Crippen LogP contribution in [0.15, 0.2) is 73.1 Å². The molecule has 8 heteroatoms. The van der Waals surface area contributed by atoms with Gasteiger partial charge in [-0.05, 0) is 12.5 Å². The predicted octanol–water partition coefficient (Wildman–Crippen LogP) is 4.22. The molecule has 0 amide bonds. The van der Waals surface area contributed by atoms with Crippen molar-refractivity contribution in [3.05, 3.63) is 100 Å². The lowest BCUT2D eigenvalue weighted by atomic mass is 10.2. The standard InChI is InChI=1S/C22H20N6O2/c1-16-12-20(26-22(25-16)18-8-5-9-19(13-18)28(29)30)24-14-21-23-10-11-27(21)15-17-6-3-2-4-7-17/h2-13H,14-15H2,1H3,(H,24,25,26). The topological polar surface area (TPSA) is 98.8 Å². The van der Waals surface area contributed by atoms with Crippen molar-refractivity contribution in [2.24, 2.45) is 0 Å². The minimum absolute atomic E-state index is 0.00931. The molecule has 0 saturated carbocycles. The number of nitrogens with zero attached hydrogens (tertiary/aromatic N) is 5. The van der Waals surface area contributed by atoms with Gasteiger partial charge in [0.25, 0.3) is 5.69 Å². The third-order valence-corrected chi connectivity index (χ3v) is 4.59. The highest BCUT2D eigenvalue weighted by atomic mass is 16.6. The lowest BCUT2D eigenvalue weighted by molar-refractivity contribution is -0.384. The van der Waals surface area contributed by atoms with Gasteiger partial charge in [0.2, 0.25) is 0 Å². The van der Waals surface area contributed by atoms with Crippen LogP contribution in [0.2, 0.25) is 0 Å². The third kappa shape index (κ3) is 4.49. The molecule has 30 heavy (non-hydrogen) atoms. The van der Waals surface area contributed by atoms with Crippen molar-refractivity contribution in [1.82, 2.24) is 19.5 Å². The summed E-state index contributed by atoms with van der Waals surface area (Å²) in [4.78, 5) is 24.0. The van der Waals surface area contributed by atoms with E-state index in [9.17, 15) is 10.1 Å². The zero-order valence-electron chi connectivity index (χ0n) is 16.4. The molecule has 0 radical (unpaired) electrons. The van der Waals surface area contributed by atoms with Gasteiger partial charge in [-0.2, -0.15) is 0 Å². The van der Waals surface area contributed by atoms with Crippen LogP contribution >= 0.6 is 0 Å². The van der Waals surface area contributed by atoms with Gasteiger partial charge in [0.15, 0.2) is 5.82 Å². The minimum Gasteiger partial charge on any atom is -0.363 e. The molecule has 0 saturated heterocycles. The van der Waals surface area contributed by atoms with Crippen LogP contribution in [0, 0.1) is 17.0 Å². The van der Waals surface area contributed by atoms with Crippen LogP contribution in [0.3, 0.4) is 0 Å². The Hall–Kier alpha value is -4.07. The Morgan fingerprint density at radius 1 is 1.07 bits per heavy atom. The van der Waals surface area contributed by atoms with E-state index < -0.39 is 4.92 Å². The van der Waals surface area contributed by atoms with Crippen molar-refractivity contribution < 1.29 is 4.92 Å². The number of benzene rings is 2. The van der Waals surface area contributed by atoms with Gasteiger partial charge in [-0.25, -0.2) is 15.0 Å². The van der Waals surface area contributed by atoms with Gasteiger partial charge < -0.3 is 9.88 Å². The molecule has 0 fully saturated rings. The Kier molecular flexibility index (Phi) is 5.47. The molecular weight excluding hydrogens is 380 g/mol. The first-order valence-corrected chi connectivity index (χ1v) is 9.47. The second-order valence-electron chi connectivity index (χ2n) is 6.84. The number of imidazole rings is 1. The normalized spacial score (nSPS) is 10.7. The zero-order valence-corrected chi connectivity index (χ0v) is 16.4. The summed E-state index contributed by atoms with van der Waals surface area (Å²) >= 11 is 0. The van der Waals surface area contributed by atoms with Crippen molar-refractivity contribution in [3.63, 3.8) is 0 Å². The molecule has 4 rings (SSSR count). The number of nitro benzene ring substituents is 1. The molecule has 4 aromatic rings. The molecule has 2 aromatic heterocycles. The summed E-state index contributed by atoms with van der Waals surface area (Å²) in [6.45, 7) is 3.09. The number of nitrogens with one attached hydrogen (secondary N) is 1. The van der Waals surface area contributed by atoms with E-state index in [1.807, 2.05) is 37.4 Å². The number of nitro groups is 1. The first-order chi connectivity index (χ1) is 14.6. The minimum atomic E-state index is -0.426. The van der Waals surface area contributed by atoms with E-state index in [4.69, 9.17) is 0 Å². The maximum atomic E-state index is 11.1. The second kappa shape index (κ2) is 8.52. The summed E-state index contributed by atoms with van der Waals surface area (Å²) in [6, 6.07) is 18.3. The highest BCUT2D eigenvalue weighted by Gasteiger charge is 2.11. The average Bonchev–Trinajstić information content (AvgIpc) is 3.19. The van der Waals surface area contributed by atoms with Gasteiger partial charge in [-0.3, -0.25) is 10.1 Å². The van der Waals surface area contributed by atoms with Gasteiger partial charge in [0.1, 0.15) is 11.6 Å². The van der Waals surface area contributed by atoms with Gasteiger partial charge in [-0.1, -0.05) is 42.5 Å². The Morgan fingerprint density at radius 2 is 1.90 bits per heavy atom. The van der Waals surface area contributed by atoms with E-state index in [2.05, 4.69) is 37.0 Å². The Labute approximate surface area is 173 Å². The average molecular weight is 400 g/mol. The molecule has 2 heterocycles. The Morgan fingerprint density at radius 3 is 2.70 bits per heavy atom. The van der Waals surface area contributed by atoms with E-state index in [0.29, 0.717) is 23.8 Å². The Balaban J connectivity index is 1.52. The maximum absolute atomic E-state index is 11.1. The molecular formula is C22H20N6O2. The number of hydrogen-bond donors (Lipinski definition) is 1. The van der Waals surface area contributed by atoms with E-state index in [1.165, 1.54) is 17.7 Å². The van der Waals surface area contributed by atoms with Gasteiger partial charge in [0, 0.05) is 48.4 Å². The molecule has 0 aliphatic carbocycles. The summed E-state index contributed by atoms with van der Waals surface area (Å²) in [7, 11) is 0. The van der Waals surface area contributed by atoms with E-state index in [0.717, 1.165) is 18.1 Å². The van der Waals surface area contributed by atoms with Gasteiger partial charge in [0.05, 0.1) is 11.5 Å². The summed E-state index contributed by atoms with van der Waals surface area (Å²) in [6.07, 6.45) is 3.73. The van der Waals surface area contributed by atoms with Gasteiger partial charge in [-0.15, -0.1) is 0 Å². The molecule has 0 bridgehead atoms. The SMILES string of the molecule is Cc1cc(NCc2nccn2Cc2ccccc2)nc(-c2cccc([N+](=O)[O-])c2)n1. The highest BCUT2D eigenvalue weighted by Crippen LogP contribution is 2.22. The van der Waals surface area contributed by atoms with Gasteiger partial charge >= 0.3 is 0 Å². The highest BCUT2D eigenvalue weighted by molar-refractivity contribution is 5.61. The first kappa shape index (κ1) is 19.3. The van der Waals surface area contributed by atoms with Crippen LogP contribution in [0.1, 0.15) is 17.1 Å². The number of non-ortho nitro benzene ring substituents is 1. The molecule has 0 aliphatic rings. The van der Waals surface area contributed by atoms with Crippen LogP contribution < -0.4 is 5.32 Å². The molecule has 0 unspecified atom stereocenters. The van der Waals surface area contributed by atoms with Crippen molar-refractivity contribution in [2.45, 2.75) is 20.0 Å². The van der Waals surface area contributed by atoms with Crippen molar-refractivity contribution in [1.29, 1.82) is 0 Å². The second-order valence-corrected chi connectivity index (χ2v) is 6.84. The summed E-state index contributed by atoms with van der Waals surface area (Å²) < 4.78 is 2.08. The fraction of sp³-hybridized carbons (Fsp3) is 0.136.